The average molecular weight is 417 g/mol. The Morgan fingerprint density at radius 3 is 2.76 bits per heavy atom. The van der Waals surface area contributed by atoms with Crippen molar-refractivity contribution in [1.29, 1.82) is 0 Å². The maximum absolute atomic E-state index is 12.6. The molecule has 2 aromatic rings. The Bertz CT molecular complexity index is 939. The second-order valence-electron chi connectivity index (χ2n) is 7.27. The van der Waals surface area contributed by atoms with E-state index in [1.807, 2.05) is 44.3 Å². The van der Waals surface area contributed by atoms with Crippen LogP contribution in [0.5, 0.6) is 0 Å². The van der Waals surface area contributed by atoms with Crippen LogP contribution in [0.25, 0.3) is 10.9 Å². The molecule has 2 unspecified atom stereocenters. The summed E-state index contributed by atoms with van der Waals surface area (Å²) in [5.74, 6) is -1.54. The van der Waals surface area contributed by atoms with E-state index in [2.05, 4.69) is 20.9 Å². The van der Waals surface area contributed by atoms with Gasteiger partial charge in [-0.25, -0.2) is 0 Å². The highest BCUT2D eigenvalue weighted by Gasteiger charge is 2.33. The van der Waals surface area contributed by atoms with Crippen molar-refractivity contribution in [3.63, 3.8) is 0 Å². The molecule has 0 radical (unpaired) electrons. The molecule has 2 heterocycles. The normalized spacial score (nSPS) is 17.8. The number of rotatable bonds is 6. The van der Waals surface area contributed by atoms with Crippen LogP contribution in [0.3, 0.4) is 0 Å². The standard InChI is InChI=1S/C20H24N4O4S/c1-11(2)16(18(26)23-15-7-8-21-19(27)17(15)25)24-20(28)29-10-12-9-22-14-6-4-3-5-13(12)14/h3-6,9,11,15-16,22H,7-8,10H2,1-2H3,(H,21,27)(H,23,26)(H,24,28). The fourth-order valence-corrected chi connectivity index (χ4v) is 3.94. The number of fused-ring (bicyclic) bond motifs is 1. The smallest absolute Gasteiger partial charge is 0.289 e. The molecule has 1 aromatic heterocycles. The minimum absolute atomic E-state index is 0.180. The maximum atomic E-state index is 12.6. The van der Waals surface area contributed by atoms with Crippen LogP contribution in [-0.4, -0.2) is 46.4 Å². The molecule has 1 aromatic carbocycles. The summed E-state index contributed by atoms with van der Waals surface area (Å²) in [5.41, 5.74) is 2.01. The number of ketones is 1. The molecular weight excluding hydrogens is 392 g/mol. The number of amides is 3. The van der Waals surface area contributed by atoms with E-state index >= 15 is 0 Å². The summed E-state index contributed by atoms with van der Waals surface area (Å²) in [6, 6.07) is 6.19. The number of piperidine rings is 1. The first kappa shape index (κ1) is 20.9. The predicted molar refractivity (Wildman–Crippen MR) is 111 cm³/mol. The second-order valence-corrected chi connectivity index (χ2v) is 8.22. The number of H-pyrrole nitrogens is 1. The number of nitrogens with one attached hydrogen (secondary N) is 4. The van der Waals surface area contributed by atoms with Gasteiger partial charge in [-0.1, -0.05) is 43.8 Å². The van der Waals surface area contributed by atoms with E-state index in [1.54, 1.807) is 0 Å². The van der Waals surface area contributed by atoms with Crippen molar-refractivity contribution < 1.29 is 19.2 Å². The first-order valence-electron chi connectivity index (χ1n) is 9.47. The highest BCUT2D eigenvalue weighted by molar-refractivity contribution is 8.12. The fourth-order valence-electron chi connectivity index (χ4n) is 3.20. The lowest BCUT2D eigenvalue weighted by atomic mass is 10.0. The Hall–Kier alpha value is -2.81. The molecule has 2 atom stereocenters. The Balaban J connectivity index is 1.57. The summed E-state index contributed by atoms with van der Waals surface area (Å²) in [4.78, 5) is 51.6. The van der Waals surface area contributed by atoms with Crippen molar-refractivity contribution in [2.75, 3.05) is 6.54 Å². The fraction of sp³-hybridized carbons (Fsp3) is 0.400. The lowest BCUT2D eigenvalue weighted by molar-refractivity contribution is -0.142. The third-order valence-electron chi connectivity index (χ3n) is 4.83. The number of hydrogen-bond donors (Lipinski definition) is 4. The van der Waals surface area contributed by atoms with Gasteiger partial charge in [0.2, 0.25) is 11.7 Å². The van der Waals surface area contributed by atoms with Crippen LogP contribution < -0.4 is 16.0 Å². The molecule has 154 valence electrons. The Morgan fingerprint density at radius 2 is 2.00 bits per heavy atom. The van der Waals surface area contributed by atoms with Crippen molar-refractivity contribution >= 4 is 45.5 Å². The van der Waals surface area contributed by atoms with Crippen LogP contribution in [0.15, 0.2) is 30.5 Å². The number of carbonyl (C=O) groups excluding carboxylic acids is 4. The number of benzene rings is 1. The zero-order valence-electron chi connectivity index (χ0n) is 16.3. The van der Waals surface area contributed by atoms with Crippen LogP contribution in [0, 0.1) is 5.92 Å². The van der Waals surface area contributed by atoms with Gasteiger partial charge in [-0.3, -0.25) is 19.2 Å². The van der Waals surface area contributed by atoms with Crippen LogP contribution in [-0.2, 0) is 20.1 Å². The molecule has 0 saturated carbocycles. The van der Waals surface area contributed by atoms with Crippen LogP contribution in [0.1, 0.15) is 25.8 Å². The molecule has 0 spiro atoms. The quantitative estimate of drug-likeness (QED) is 0.535. The number of aromatic nitrogens is 1. The summed E-state index contributed by atoms with van der Waals surface area (Å²) in [5, 5.41) is 8.51. The van der Waals surface area contributed by atoms with E-state index in [9.17, 15) is 19.2 Å². The third kappa shape index (κ3) is 4.97. The van der Waals surface area contributed by atoms with E-state index in [4.69, 9.17) is 0 Å². The second kappa shape index (κ2) is 9.13. The number of hydrogen-bond acceptors (Lipinski definition) is 5. The molecule has 0 bridgehead atoms. The van der Waals surface area contributed by atoms with Crippen LogP contribution >= 0.6 is 11.8 Å². The maximum Gasteiger partial charge on any atom is 0.289 e. The van der Waals surface area contributed by atoms with Gasteiger partial charge >= 0.3 is 0 Å². The number of thioether (sulfide) groups is 1. The molecule has 1 aliphatic heterocycles. The molecule has 3 amide bonds. The monoisotopic (exact) mass is 416 g/mol. The molecule has 0 aliphatic carbocycles. The summed E-state index contributed by atoms with van der Waals surface area (Å²) in [7, 11) is 0. The van der Waals surface area contributed by atoms with Crippen molar-refractivity contribution in [2.45, 2.75) is 38.1 Å². The van der Waals surface area contributed by atoms with Crippen LogP contribution in [0.2, 0.25) is 0 Å². The van der Waals surface area contributed by atoms with Gasteiger partial charge in [-0.2, -0.15) is 0 Å². The molecule has 9 heteroatoms. The minimum Gasteiger partial charge on any atom is -0.361 e. The van der Waals surface area contributed by atoms with Gasteiger partial charge in [0, 0.05) is 29.4 Å². The van der Waals surface area contributed by atoms with Crippen molar-refractivity contribution in [2.24, 2.45) is 5.92 Å². The predicted octanol–water partition coefficient (Wildman–Crippen LogP) is 1.71. The Morgan fingerprint density at radius 1 is 1.24 bits per heavy atom. The summed E-state index contributed by atoms with van der Waals surface area (Å²) >= 11 is 1.08. The van der Waals surface area contributed by atoms with Crippen LogP contribution in [0.4, 0.5) is 4.79 Å². The van der Waals surface area contributed by atoms with Gasteiger partial charge in [0.1, 0.15) is 6.04 Å². The van der Waals surface area contributed by atoms with Gasteiger partial charge in [-0.05, 0) is 24.0 Å². The number of carbonyl (C=O) groups is 4. The van der Waals surface area contributed by atoms with Gasteiger partial charge in [0.15, 0.2) is 0 Å². The van der Waals surface area contributed by atoms with Gasteiger partial charge in [0.05, 0.1) is 6.04 Å². The third-order valence-corrected chi connectivity index (χ3v) is 5.67. The Kier molecular flexibility index (Phi) is 6.58. The number of Topliss-reactive ketones (excluding diaryl/α,β-unsaturated/α-hetero) is 1. The highest BCUT2D eigenvalue weighted by atomic mass is 32.2. The number of aromatic amines is 1. The molecule has 1 aliphatic rings. The topological polar surface area (TPSA) is 120 Å². The van der Waals surface area contributed by atoms with E-state index in [-0.39, 0.29) is 11.2 Å². The lowest BCUT2D eigenvalue weighted by Gasteiger charge is -2.26. The molecular formula is C20H24N4O4S. The summed E-state index contributed by atoms with van der Waals surface area (Å²) in [6.45, 7) is 3.95. The Labute approximate surface area is 172 Å². The van der Waals surface area contributed by atoms with E-state index < -0.39 is 29.7 Å². The first-order valence-corrected chi connectivity index (χ1v) is 10.5. The lowest BCUT2D eigenvalue weighted by Crippen LogP contribution is -2.57. The molecule has 4 N–H and O–H groups in total. The van der Waals surface area contributed by atoms with E-state index in [0.717, 1.165) is 28.2 Å². The molecule has 1 fully saturated rings. The first-order chi connectivity index (χ1) is 13.9. The molecule has 1 saturated heterocycles. The molecule has 8 nitrogen and oxygen atoms in total. The number of para-hydroxylation sites is 1. The largest absolute Gasteiger partial charge is 0.361 e. The molecule has 3 rings (SSSR count). The summed E-state index contributed by atoms with van der Waals surface area (Å²) in [6.07, 6.45) is 2.21. The van der Waals surface area contributed by atoms with Crippen molar-refractivity contribution in [1.82, 2.24) is 20.9 Å². The van der Waals surface area contributed by atoms with E-state index in [1.165, 1.54) is 0 Å². The van der Waals surface area contributed by atoms with Crippen molar-refractivity contribution in [3.05, 3.63) is 36.0 Å². The zero-order chi connectivity index (χ0) is 21.0. The zero-order valence-corrected chi connectivity index (χ0v) is 17.1. The van der Waals surface area contributed by atoms with Crippen molar-refractivity contribution in [3.8, 4) is 0 Å². The SMILES string of the molecule is CC(C)C(NC(=O)SCc1c[nH]c2ccccc12)C(=O)NC1CCNC(=O)C1=O. The van der Waals surface area contributed by atoms with Gasteiger partial charge < -0.3 is 20.9 Å². The van der Waals surface area contributed by atoms with E-state index in [0.29, 0.717) is 18.7 Å². The summed E-state index contributed by atoms with van der Waals surface area (Å²) < 4.78 is 0. The van der Waals surface area contributed by atoms with Gasteiger partial charge in [-0.15, -0.1) is 0 Å². The molecule has 29 heavy (non-hydrogen) atoms. The highest BCUT2D eigenvalue weighted by Crippen LogP contribution is 2.23. The van der Waals surface area contributed by atoms with Gasteiger partial charge in [0.25, 0.3) is 11.1 Å². The minimum atomic E-state index is -0.853. The average Bonchev–Trinajstić information content (AvgIpc) is 3.11.